The number of hydrogen-bond donors (Lipinski definition) is 0. The summed E-state index contributed by atoms with van der Waals surface area (Å²) in [4.78, 5) is 0. The first-order valence-corrected chi connectivity index (χ1v) is 4.97. The van der Waals surface area contributed by atoms with E-state index in [1.807, 2.05) is 0 Å². The van der Waals surface area contributed by atoms with Gasteiger partial charge in [0.05, 0.1) is 0 Å². The molecule has 0 nitrogen and oxygen atoms in total. The molecule has 0 unspecified atom stereocenters. The van der Waals surface area contributed by atoms with Crippen LogP contribution in [0.2, 0.25) is 0 Å². The largest absolute Gasteiger partial charge is 0.204 e. The summed E-state index contributed by atoms with van der Waals surface area (Å²) in [5, 5.41) is 0. The van der Waals surface area contributed by atoms with Gasteiger partial charge in [-0.05, 0) is 12.8 Å². The summed E-state index contributed by atoms with van der Waals surface area (Å²) in [6, 6.07) is 0.232. The fraction of sp³-hybridized carbons (Fsp3) is 0.333. The maximum absolute atomic E-state index is 13.5. The SMILES string of the molecule is C[C@]1(c2c(F)c(F)cc(F)c2F)C=CCC1. The molecule has 0 aliphatic heterocycles. The van der Waals surface area contributed by atoms with Crippen LogP contribution in [0.4, 0.5) is 17.6 Å². The van der Waals surface area contributed by atoms with Crippen molar-refractivity contribution in [1.82, 2.24) is 0 Å². The first-order chi connectivity index (χ1) is 7.46. The van der Waals surface area contributed by atoms with E-state index in [4.69, 9.17) is 0 Å². The van der Waals surface area contributed by atoms with Crippen LogP contribution in [0.1, 0.15) is 25.3 Å². The summed E-state index contributed by atoms with van der Waals surface area (Å²) in [6.07, 6.45) is 4.44. The van der Waals surface area contributed by atoms with Gasteiger partial charge in [-0.2, -0.15) is 0 Å². The van der Waals surface area contributed by atoms with Gasteiger partial charge in [-0.25, -0.2) is 17.6 Å². The lowest BCUT2D eigenvalue weighted by Crippen LogP contribution is -2.21. The van der Waals surface area contributed by atoms with Gasteiger partial charge in [-0.15, -0.1) is 0 Å². The molecule has 0 saturated heterocycles. The second kappa shape index (κ2) is 3.61. The Morgan fingerprint density at radius 3 is 2.06 bits per heavy atom. The van der Waals surface area contributed by atoms with Crippen LogP contribution in [-0.2, 0) is 5.41 Å². The van der Waals surface area contributed by atoms with Crippen LogP contribution in [0, 0.1) is 23.3 Å². The van der Waals surface area contributed by atoms with Crippen molar-refractivity contribution >= 4 is 0 Å². The average molecular weight is 230 g/mol. The second-order valence-corrected chi connectivity index (χ2v) is 4.20. The Bertz CT molecular complexity index is 438. The van der Waals surface area contributed by atoms with E-state index in [9.17, 15) is 17.6 Å². The van der Waals surface area contributed by atoms with Crippen LogP contribution in [0.15, 0.2) is 18.2 Å². The molecule has 1 aromatic carbocycles. The molecule has 4 heteroatoms. The first kappa shape index (κ1) is 11.2. The summed E-state index contributed by atoms with van der Waals surface area (Å²) in [5.74, 6) is -5.30. The van der Waals surface area contributed by atoms with Crippen LogP contribution in [-0.4, -0.2) is 0 Å². The van der Waals surface area contributed by atoms with Gasteiger partial charge in [-0.3, -0.25) is 0 Å². The van der Waals surface area contributed by atoms with E-state index in [1.54, 1.807) is 19.1 Å². The third-order valence-electron chi connectivity index (χ3n) is 3.00. The molecule has 1 aromatic rings. The van der Waals surface area contributed by atoms with Gasteiger partial charge in [0.2, 0.25) is 0 Å². The number of rotatable bonds is 1. The minimum atomic E-state index is -1.35. The first-order valence-electron chi connectivity index (χ1n) is 4.97. The van der Waals surface area contributed by atoms with Crippen molar-refractivity contribution in [3.05, 3.63) is 47.1 Å². The molecule has 0 radical (unpaired) electrons. The Morgan fingerprint density at radius 1 is 1.06 bits per heavy atom. The van der Waals surface area contributed by atoms with E-state index in [-0.39, 0.29) is 6.07 Å². The van der Waals surface area contributed by atoms with Gasteiger partial charge in [0.25, 0.3) is 0 Å². The van der Waals surface area contributed by atoms with Gasteiger partial charge in [0.1, 0.15) is 0 Å². The van der Waals surface area contributed by atoms with Gasteiger partial charge in [-0.1, -0.05) is 19.1 Å². The van der Waals surface area contributed by atoms with Crippen molar-refractivity contribution in [3.63, 3.8) is 0 Å². The molecule has 0 bridgehead atoms. The fourth-order valence-corrected chi connectivity index (χ4v) is 2.09. The van der Waals surface area contributed by atoms with Gasteiger partial charge in [0.15, 0.2) is 23.3 Å². The lowest BCUT2D eigenvalue weighted by molar-refractivity contribution is 0.405. The third-order valence-corrected chi connectivity index (χ3v) is 3.00. The van der Waals surface area contributed by atoms with Crippen molar-refractivity contribution in [2.24, 2.45) is 0 Å². The molecular formula is C12H10F4. The molecule has 2 rings (SSSR count). The zero-order chi connectivity index (χ0) is 11.9. The molecule has 1 aliphatic carbocycles. The zero-order valence-electron chi connectivity index (χ0n) is 8.66. The molecule has 1 atom stereocenters. The normalized spacial score (nSPS) is 24.1. The van der Waals surface area contributed by atoms with Crippen LogP contribution >= 0.6 is 0 Å². The highest BCUT2D eigenvalue weighted by atomic mass is 19.2. The van der Waals surface area contributed by atoms with Crippen molar-refractivity contribution in [3.8, 4) is 0 Å². The standard InChI is InChI=1S/C12H10F4/c1-12(4-2-3-5-12)9-10(15)7(13)6-8(14)11(9)16/h2,4,6H,3,5H2,1H3/t12-/m0/s1. The lowest BCUT2D eigenvalue weighted by Gasteiger charge is -2.23. The topological polar surface area (TPSA) is 0 Å². The Balaban J connectivity index is 2.68. The molecule has 0 spiro atoms. The predicted molar refractivity (Wildman–Crippen MR) is 52.0 cm³/mol. The minimum absolute atomic E-state index is 0.232. The number of allylic oxidation sites excluding steroid dienone is 2. The van der Waals surface area contributed by atoms with Gasteiger partial charge < -0.3 is 0 Å². The average Bonchev–Trinajstić information content (AvgIpc) is 2.63. The summed E-state index contributed by atoms with van der Waals surface area (Å²) in [7, 11) is 0. The summed E-state index contributed by atoms with van der Waals surface area (Å²) in [6.45, 7) is 1.57. The second-order valence-electron chi connectivity index (χ2n) is 4.20. The van der Waals surface area contributed by atoms with E-state index in [0.717, 1.165) is 0 Å². The number of halogens is 4. The maximum Gasteiger partial charge on any atom is 0.166 e. The molecule has 86 valence electrons. The summed E-state index contributed by atoms with van der Waals surface area (Å²) in [5.41, 5.74) is -1.48. The predicted octanol–water partition coefficient (Wildman–Crippen LogP) is 3.85. The van der Waals surface area contributed by atoms with E-state index < -0.39 is 34.2 Å². The van der Waals surface area contributed by atoms with Crippen LogP contribution in [0.3, 0.4) is 0 Å². The maximum atomic E-state index is 13.5. The highest BCUT2D eigenvalue weighted by Crippen LogP contribution is 2.39. The van der Waals surface area contributed by atoms with Crippen molar-refractivity contribution in [1.29, 1.82) is 0 Å². The monoisotopic (exact) mass is 230 g/mol. The fourth-order valence-electron chi connectivity index (χ4n) is 2.09. The van der Waals surface area contributed by atoms with E-state index in [1.165, 1.54) is 0 Å². The Hall–Kier alpha value is -1.32. The number of hydrogen-bond acceptors (Lipinski definition) is 0. The lowest BCUT2D eigenvalue weighted by atomic mass is 9.81. The van der Waals surface area contributed by atoms with E-state index >= 15 is 0 Å². The van der Waals surface area contributed by atoms with Crippen LogP contribution in [0.25, 0.3) is 0 Å². The van der Waals surface area contributed by atoms with Crippen molar-refractivity contribution in [2.45, 2.75) is 25.2 Å². The molecule has 0 amide bonds. The summed E-state index contributed by atoms with van der Waals surface area (Å²) >= 11 is 0. The molecule has 0 N–H and O–H groups in total. The highest BCUT2D eigenvalue weighted by Gasteiger charge is 2.35. The zero-order valence-corrected chi connectivity index (χ0v) is 8.66. The smallest absolute Gasteiger partial charge is 0.166 e. The van der Waals surface area contributed by atoms with Crippen LogP contribution in [0.5, 0.6) is 0 Å². The van der Waals surface area contributed by atoms with E-state index in [0.29, 0.717) is 12.8 Å². The molecule has 0 heterocycles. The van der Waals surface area contributed by atoms with Crippen molar-refractivity contribution in [2.75, 3.05) is 0 Å². The van der Waals surface area contributed by atoms with Gasteiger partial charge >= 0.3 is 0 Å². The molecule has 0 fully saturated rings. The quantitative estimate of drug-likeness (QED) is 0.390. The molecule has 0 saturated carbocycles. The van der Waals surface area contributed by atoms with Crippen LogP contribution < -0.4 is 0 Å². The minimum Gasteiger partial charge on any atom is -0.204 e. The number of benzene rings is 1. The highest BCUT2D eigenvalue weighted by molar-refractivity contribution is 5.36. The molecule has 0 aromatic heterocycles. The molecule has 16 heavy (non-hydrogen) atoms. The van der Waals surface area contributed by atoms with Crippen molar-refractivity contribution < 1.29 is 17.6 Å². The third kappa shape index (κ3) is 1.52. The Labute approximate surface area is 90.6 Å². The Kier molecular flexibility index (Phi) is 2.52. The van der Waals surface area contributed by atoms with E-state index in [2.05, 4.69) is 0 Å². The Morgan fingerprint density at radius 2 is 1.62 bits per heavy atom. The van der Waals surface area contributed by atoms with Gasteiger partial charge in [0, 0.05) is 17.0 Å². The summed E-state index contributed by atoms with van der Waals surface area (Å²) < 4.78 is 53.1. The molecular weight excluding hydrogens is 220 g/mol. The molecule has 1 aliphatic rings.